The van der Waals surface area contributed by atoms with Crippen molar-refractivity contribution in [2.45, 2.75) is 53.4 Å². The zero-order valence-electron chi connectivity index (χ0n) is 23.4. The Balaban J connectivity index is 0.00000308. The Labute approximate surface area is 241 Å². The summed E-state index contributed by atoms with van der Waals surface area (Å²) in [5.41, 5.74) is 12.7. The van der Waals surface area contributed by atoms with E-state index in [2.05, 4.69) is 52.8 Å². The fourth-order valence-corrected chi connectivity index (χ4v) is 5.72. The molecule has 3 aromatic heterocycles. The number of aromatic nitrogens is 4. The fraction of sp³-hybridized carbons (Fsp3) is 0.242. The minimum atomic E-state index is -0.149. The SMILES string of the molecule is CC(=O)c1cc2[n-]c1cc1nc(cc3ccc(cc4nc(c2-c2c(C)cc(C)cc2C)C=C4)[n-]3)C(C)(C)C1.[Zn+2]. The number of fused-ring (bicyclic) bond motifs is 8. The number of Topliss-reactive ketones (excluding diaryl/α,β-unsaturated/α-hetero) is 1. The number of rotatable bonds is 2. The first-order valence-corrected chi connectivity index (χ1v) is 13.0. The van der Waals surface area contributed by atoms with Crippen LogP contribution < -0.4 is 9.97 Å². The molecule has 2 aliphatic rings. The number of aryl methyl sites for hydroxylation is 3. The molecular formula is C33H30N4OZn. The molecule has 0 aliphatic carbocycles. The van der Waals surface area contributed by atoms with Crippen molar-refractivity contribution in [1.82, 2.24) is 19.9 Å². The van der Waals surface area contributed by atoms with Gasteiger partial charge in [-0.05, 0) is 62.1 Å². The summed E-state index contributed by atoms with van der Waals surface area (Å²) in [7, 11) is 0. The van der Waals surface area contributed by atoms with E-state index in [0.29, 0.717) is 11.1 Å². The minimum absolute atomic E-state index is 0. The van der Waals surface area contributed by atoms with Gasteiger partial charge in [0.2, 0.25) is 0 Å². The van der Waals surface area contributed by atoms with Crippen LogP contribution in [0.25, 0.3) is 45.3 Å². The molecule has 1 aromatic carbocycles. The van der Waals surface area contributed by atoms with Gasteiger partial charge in [0.05, 0.1) is 11.4 Å². The molecule has 0 spiro atoms. The summed E-state index contributed by atoms with van der Waals surface area (Å²) in [6.07, 6.45) is 4.80. The van der Waals surface area contributed by atoms with Crippen LogP contribution in [0.15, 0.2) is 48.5 Å². The Morgan fingerprint density at radius 3 is 2.21 bits per heavy atom. The van der Waals surface area contributed by atoms with Crippen LogP contribution in [0.3, 0.4) is 0 Å². The number of carbonyl (C=O) groups excluding carboxylic acids is 1. The number of hydrogen-bond acceptors (Lipinski definition) is 3. The first kappa shape index (κ1) is 27.0. The molecule has 0 N–H and O–H groups in total. The van der Waals surface area contributed by atoms with Crippen LogP contribution in [0.2, 0.25) is 0 Å². The van der Waals surface area contributed by atoms with Crippen molar-refractivity contribution in [2.75, 3.05) is 0 Å². The fourth-order valence-electron chi connectivity index (χ4n) is 5.72. The summed E-state index contributed by atoms with van der Waals surface area (Å²) in [6.45, 7) is 12.3. The monoisotopic (exact) mass is 562 g/mol. The molecule has 0 atom stereocenters. The molecule has 5 nitrogen and oxygen atoms in total. The number of benzene rings is 1. The first-order valence-electron chi connectivity index (χ1n) is 13.0. The molecule has 0 unspecified atom stereocenters. The van der Waals surface area contributed by atoms with Gasteiger partial charge in [-0.1, -0.05) is 67.9 Å². The van der Waals surface area contributed by atoms with E-state index in [1.807, 2.05) is 42.5 Å². The molecule has 5 heterocycles. The molecule has 6 rings (SSSR count). The van der Waals surface area contributed by atoms with E-state index in [9.17, 15) is 4.79 Å². The third-order valence-electron chi connectivity index (χ3n) is 7.43. The zero-order valence-corrected chi connectivity index (χ0v) is 26.4. The predicted molar refractivity (Wildman–Crippen MR) is 154 cm³/mol. The molecule has 39 heavy (non-hydrogen) atoms. The number of nitrogens with zero attached hydrogens (tertiary/aromatic N) is 4. The Morgan fingerprint density at radius 2 is 1.51 bits per heavy atom. The van der Waals surface area contributed by atoms with E-state index in [1.54, 1.807) is 6.92 Å². The normalized spacial score (nSPS) is 13.8. The van der Waals surface area contributed by atoms with Gasteiger partial charge < -0.3 is 9.97 Å². The quantitative estimate of drug-likeness (QED) is 0.170. The van der Waals surface area contributed by atoms with Gasteiger partial charge in [-0.15, -0.1) is 22.1 Å². The predicted octanol–water partition coefficient (Wildman–Crippen LogP) is 7.06. The van der Waals surface area contributed by atoms with E-state index < -0.39 is 0 Å². The molecule has 0 amide bonds. The molecule has 0 saturated carbocycles. The van der Waals surface area contributed by atoms with Gasteiger partial charge >= 0.3 is 19.5 Å². The van der Waals surface area contributed by atoms with Crippen molar-refractivity contribution in [2.24, 2.45) is 0 Å². The summed E-state index contributed by atoms with van der Waals surface area (Å²) in [6, 6.07) is 16.3. The molecule has 190 valence electrons. The van der Waals surface area contributed by atoms with Crippen molar-refractivity contribution in [3.8, 4) is 11.1 Å². The molecule has 8 bridgehead atoms. The third-order valence-corrected chi connectivity index (χ3v) is 7.43. The van der Waals surface area contributed by atoms with Gasteiger partial charge in [0, 0.05) is 28.8 Å². The molecule has 0 radical (unpaired) electrons. The molecule has 6 heteroatoms. The maximum Gasteiger partial charge on any atom is 2.00 e. The zero-order chi connectivity index (χ0) is 26.8. The second kappa shape index (κ2) is 9.84. The van der Waals surface area contributed by atoms with Crippen LogP contribution >= 0.6 is 0 Å². The summed E-state index contributed by atoms with van der Waals surface area (Å²) in [5.74, 6) is -0.0177. The standard InChI is InChI=1S/C33H31N4O.Zn/c1-18-11-19(2)31(20(3)12-18)32-27-10-9-23(35-27)13-22-7-8-24(34-22)15-30-33(5,6)17-25(36-30)14-28-26(21(4)38)16-29(32)37-28;/h7-16H,17H2,1-6H3,(H-,34,35,36,37,38);/q-1;+2/p-1. The average molecular weight is 564 g/mol. The summed E-state index contributed by atoms with van der Waals surface area (Å²) < 4.78 is 0. The van der Waals surface area contributed by atoms with Crippen molar-refractivity contribution >= 4 is 40.0 Å². The molecule has 0 fully saturated rings. The van der Waals surface area contributed by atoms with Crippen molar-refractivity contribution < 1.29 is 24.3 Å². The van der Waals surface area contributed by atoms with Crippen LogP contribution in [-0.2, 0) is 31.3 Å². The largest absolute Gasteiger partial charge is 2.00 e. The van der Waals surface area contributed by atoms with Gasteiger partial charge in [0.15, 0.2) is 5.78 Å². The number of carbonyl (C=O) groups is 1. The van der Waals surface area contributed by atoms with E-state index in [-0.39, 0.29) is 30.7 Å². The Kier molecular flexibility index (Phi) is 6.80. The smallest absolute Gasteiger partial charge is 0.658 e. The number of ketones is 1. The second-order valence-electron chi connectivity index (χ2n) is 11.2. The van der Waals surface area contributed by atoms with E-state index in [1.165, 1.54) is 5.56 Å². The van der Waals surface area contributed by atoms with Gasteiger partial charge in [-0.25, -0.2) is 4.98 Å². The van der Waals surface area contributed by atoms with Crippen LogP contribution in [0, 0.1) is 20.8 Å². The van der Waals surface area contributed by atoms with Gasteiger partial charge in [0.25, 0.3) is 0 Å². The van der Waals surface area contributed by atoms with Crippen LogP contribution in [0.4, 0.5) is 0 Å². The van der Waals surface area contributed by atoms with Gasteiger partial charge in [-0.2, -0.15) is 0 Å². The average Bonchev–Trinajstić information content (AvgIpc) is 3.59. The summed E-state index contributed by atoms with van der Waals surface area (Å²) in [5, 5.41) is 0. The van der Waals surface area contributed by atoms with Gasteiger partial charge in [-0.3, -0.25) is 9.78 Å². The first-order chi connectivity index (χ1) is 18.1. The maximum absolute atomic E-state index is 12.8. The topological polar surface area (TPSA) is 71.1 Å². The maximum atomic E-state index is 12.8. The van der Waals surface area contributed by atoms with Crippen molar-refractivity contribution in [3.63, 3.8) is 0 Å². The van der Waals surface area contributed by atoms with E-state index in [4.69, 9.17) is 19.9 Å². The Bertz CT molecular complexity index is 1810. The van der Waals surface area contributed by atoms with Crippen molar-refractivity contribution in [3.05, 3.63) is 93.6 Å². The Morgan fingerprint density at radius 1 is 0.821 bits per heavy atom. The minimum Gasteiger partial charge on any atom is -0.658 e. The molecule has 2 aliphatic heterocycles. The summed E-state index contributed by atoms with van der Waals surface area (Å²) in [4.78, 5) is 32.6. The molecule has 0 saturated heterocycles. The van der Waals surface area contributed by atoms with Gasteiger partial charge in [0.1, 0.15) is 0 Å². The van der Waals surface area contributed by atoms with Crippen molar-refractivity contribution in [1.29, 1.82) is 0 Å². The molecule has 4 aromatic rings. The van der Waals surface area contributed by atoms with E-state index in [0.717, 1.165) is 68.0 Å². The van der Waals surface area contributed by atoms with E-state index >= 15 is 0 Å². The van der Waals surface area contributed by atoms with Crippen LogP contribution in [0.5, 0.6) is 0 Å². The summed E-state index contributed by atoms with van der Waals surface area (Å²) >= 11 is 0. The number of hydrogen-bond donors (Lipinski definition) is 0. The Hall–Kier alpha value is -3.63. The third kappa shape index (κ3) is 4.94. The van der Waals surface area contributed by atoms with Crippen LogP contribution in [0.1, 0.15) is 70.6 Å². The second-order valence-corrected chi connectivity index (χ2v) is 11.2. The van der Waals surface area contributed by atoms with Crippen LogP contribution in [-0.4, -0.2) is 15.8 Å². The molecular weight excluding hydrogens is 534 g/mol.